The number of carbonyl (C=O) groups excluding carboxylic acids is 12. The Kier molecular flexibility index (Phi) is 24.4. The van der Waals surface area contributed by atoms with Crippen LogP contribution in [0.15, 0.2) is 24.3 Å². The third-order valence-electron chi connectivity index (χ3n) is 11.5. The van der Waals surface area contributed by atoms with Gasteiger partial charge in [-0.05, 0) is 61.3 Å². The van der Waals surface area contributed by atoms with Crippen LogP contribution in [0.5, 0.6) is 5.75 Å². The van der Waals surface area contributed by atoms with Crippen LogP contribution < -0.4 is 38.5 Å². The highest BCUT2D eigenvalue weighted by Gasteiger charge is 2.36. The molecule has 8 amide bonds. The zero-order chi connectivity index (χ0) is 50.4. The fourth-order valence-electron chi connectivity index (χ4n) is 7.50. The highest BCUT2D eigenvalue weighted by molar-refractivity contribution is 7.98. The summed E-state index contributed by atoms with van der Waals surface area (Å²) in [5, 5.41) is 19.9. The number of primary amides is 3. The minimum atomic E-state index is -1.66. The van der Waals surface area contributed by atoms with Crippen molar-refractivity contribution in [3.63, 3.8) is 0 Å². The number of amides is 8. The number of hydrogen-bond acceptors (Lipinski definition) is 14. The van der Waals surface area contributed by atoms with E-state index in [1.165, 1.54) is 30.9 Å². The Morgan fingerprint density at radius 3 is 2.13 bits per heavy atom. The maximum absolute atomic E-state index is 14.1. The van der Waals surface area contributed by atoms with Crippen LogP contribution in [-0.4, -0.2) is 131 Å². The lowest BCUT2D eigenvalue weighted by Crippen LogP contribution is -2.50. The van der Waals surface area contributed by atoms with Crippen LogP contribution in [0.25, 0.3) is 0 Å². The van der Waals surface area contributed by atoms with Gasteiger partial charge in [0.05, 0.1) is 38.1 Å². The summed E-state index contributed by atoms with van der Waals surface area (Å²) in [7, 11) is 1.27. The Labute approximate surface area is 393 Å². The number of rotatable bonds is 20. The molecule has 21 nitrogen and oxygen atoms in total. The average Bonchev–Trinajstić information content (AvgIpc) is 3.26. The molecule has 0 aliphatic carbocycles. The molecular weight excluding hydrogens is 893 g/mol. The predicted molar refractivity (Wildman–Crippen MR) is 245 cm³/mol. The first-order valence-electron chi connectivity index (χ1n) is 22.2. The molecule has 7 atom stereocenters. The number of thioether (sulfide) groups is 1. The normalized spacial score (nSPS) is 21.4. The molecule has 1 fully saturated rings. The molecule has 0 unspecified atom stereocenters. The fourth-order valence-corrected chi connectivity index (χ4v) is 8.02. The van der Waals surface area contributed by atoms with Crippen LogP contribution in [0.2, 0.25) is 0 Å². The van der Waals surface area contributed by atoms with Gasteiger partial charge in [-0.15, -0.1) is 0 Å². The molecule has 0 aromatic heterocycles. The third-order valence-corrected chi connectivity index (χ3v) is 12.2. The molecule has 1 aliphatic rings. The number of nitrogens with zero attached hydrogens (tertiary/aromatic N) is 1. The number of carbonyl (C=O) groups is 12. The van der Waals surface area contributed by atoms with Gasteiger partial charge in [0.25, 0.3) is 0 Å². The van der Waals surface area contributed by atoms with Crippen LogP contribution >= 0.6 is 11.8 Å². The van der Waals surface area contributed by atoms with Crippen molar-refractivity contribution in [2.24, 2.45) is 46.8 Å². The number of phenolic OH excluding ortho intramolecular Hbond substituents is 1. The molecule has 2 rings (SSSR count). The van der Waals surface area contributed by atoms with Gasteiger partial charge in [-0.3, -0.25) is 57.5 Å². The number of ketones is 4. The molecule has 1 aromatic carbocycles. The van der Waals surface area contributed by atoms with Gasteiger partial charge in [-0.2, -0.15) is 11.8 Å². The number of aromatic hydroxyl groups is 1. The van der Waals surface area contributed by atoms with E-state index < -0.39 is 164 Å². The number of nitrogens with two attached hydrogens (primary N) is 3. The van der Waals surface area contributed by atoms with E-state index in [1.54, 1.807) is 32.2 Å². The molecule has 22 heteroatoms. The van der Waals surface area contributed by atoms with E-state index >= 15 is 0 Å². The third kappa shape index (κ3) is 20.9. The maximum atomic E-state index is 14.1. The molecule has 0 radical (unpaired) electrons. The lowest BCUT2D eigenvalue weighted by Gasteiger charge is -2.28. The molecule has 67 heavy (non-hydrogen) atoms. The van der Waals surface area contributed by atoms with Gasteiger partial charge in [0.1, 0.15) is 5.75 Å². The minimum Gasteiger partial charge on any atom is -0.508 e. The SMILES string of the molecule is CC[C@H](C)[C@@H]1NC(=O)[C@H](Cc2ccc(O)cc2)CC(=O)CNC(=O)CC[C@@H](C(=O)N(C)CC(=O)C[C@@H](CCSC)C(=O)NCC(N)=O)CC(=O)[C@H](CC(N)=O)NC(=O)[C@H](CCC(N)=O)CC1=O. The molecule has 1 aliphatic heterocycles. The van der Waals surface area contributed by atoms with E-state index in [-0.39, 0.29) is 44.3 Å². The first-order chi connectivity index (χ1) is 31.5. The van der Waals surface area contributed by atoms with Crippen LogP contribution in [-0.2, 0) is 64.0 Å². The highest BCUT2D eigenvalue weighted by atomic mass is 32.2. The lowest BCUT2D eigenvalue weighted by atomic mass is 9.86. The first-order valence-corrected chi connectivity index (χ1v) is 23.5. The second kappa shape index (κ2) is 28.8. The first kappa shape index (κ1) is 56.9. The summed E-state index contributed by atoms with van der Waals surface area (Å²) in [5.74, 6) is -13.6. The van der Waals surface area contributed by atoms with Gasteiger partial charge in [0.15, 0.2) is 23.1 Å². The van der Waals surface area contributed by atoms with Gasteiger partial charge in [-0.25, -0.2) is 0 Å². The smallest absolute Gasteiger partial charge is 0.236 e. The number of likely N-dealkylation sites (N-methyl/N-ethyl adjacent to an activating group) is 1. The standard InChI is InChI=1S/C45H66N8O13S/c1-5-25(2)41-36(58)19-27(8-12-37(46)59)43(64)51-34(21-38(47)60)35(57)20-29(45(66)53(3)24-33(56)17-28(14-15-67-4)42(63)50-23-39(48)61)9-13-40(62)49-22-32(55)18-30(44(65)52-41)16-26-6-10-31(54)11-7-26/h6-7,10-11,25,27-30,34,41,54H,5,8-9,12-24H2,1-4H3,(H2,46,59)(H2,47,60)(H2,48,61)(H,49,62)(H,50,63)(H,51,64)(H,52,65)/t25-,27+,28+,29+,30+,34-,41-/m0/s1. The number of hydrogen-bond donors (Lipinski definition) is 8. The minimum absolute atomic E-state index is 0.00704. The van der Waals surface area contributed by atoms with Gasteiger partial charge in [0.2, 0.25) is 47.3 Å². The van der Waals surface area contributed by atoms with Crippen molar-refractivity contribution in [1.82, 2.24) is 26.2 Å². The van der Waals surface area contributed by atoms with Crippen molar-refractivity contribution in [2.45, 2.75) is 103 Å². The van der Waals surface area contributed by atoms with E-state index in [9.17, 15) is 62.6 Å². The number of Topliss-reactive ketones (excluding diaryl/α,β-unsaturated/α-hetero) is 4. The quantitative estimate of drug-likeness (QED) is 0.0787. The second-order valence-corrected chi connectivity index (χ2v) is 18.1. The molecule has 11 N–H and O–H groups in total. The average molecular weight is 959 g/mol. The summed E-state index contributed by atoms with van der Waals surface area (Å²) in [6.45, 7) is 1.96. The van der Waals surface area contributed by atoms with Crippen molar-refractivity contribution in [1.29, 1.82) is 0 Å². The molecule has 0 saturated carbocycles. The zero-order valence-electron chi connectivity index (χ0n) is 38.6. The zero-order valence-corrected chi connectivity index (χ0v) is 39.4. The molecule has 0 spiro atoms. The summed E-state index contributed by atoms with van der Waals surface area (Å²) in [5.41, 5.74) is 16.6. The summed E-state index contributed by atoms with van der Waals surface area (Å²) < 4.78 is 0. The van der Waals surface area contributed by atoms with Crippen molar-refractivity contribution in [3.05, 3.63) is 29.8 Å². The molecular formula is C45H66N8O13S. The number of benzene rings is 1. The van der Waals surface area contributed by atoms with Crippen molar-refractivity contribution in [2.75, 3.05) is 38.7 Å². The Balaban J connectivity index is 2.58. The maximum Gasteiger partial charge on any atom is 0.236 e. The van der Waals surface area contributed by atoms with Crippen LogP contribution in [0, 0.1) is 29.6 Å². The predicted octanol–water partition coefficient (Wildman–Crippen LogP) is -0.884. The van der Waals surface area contributed by atoms with E-state index in [1.807, 2.05) is 0 Å². The molecule has 0 bridgehead atoms. The Morgan fingerprint density at radius 2 is 1.54 bits per heavy atom. The van der Waals surface area contributed by atoms with E-state index in [4.69, 9.17) is 17.2 Å². The molecule has 1 saturated heterocycles. The van der Waals surface area contributed by atoms with E-state index in [0.29, 0.717) is 17.7 Å². The fraction of sp³-hybridized carbons (Fsp3) is 0.600. The van der Waals surface area contributed by atoms with Crippen LogP contribution in [0.4, 0.5) is 0 Å². The van der Waals surface area contributed by atoms with Gasteiger partial charge in [-0.1, -0.05) is 32.4 Å². The Bertz CT molecular complexity index is 1980. The monoisotopic (exact) mass is 958 g/mol. The summed E-state index contributed by atoms with van der Waals surface area (Å²) in [6, 6.07) is 3.07. The second-order valence-electron chi connectivity index (χ2n) is 17.1. The summed E-state index contributed by atoms with van der Waals surface area (Å²) in [4.78, 5) is 159. The summed E-state index contributed by atoms with van der Waals surface area (Å²) >= 11 is 1.42. The van der Waals surface area contributed by atoms with Crippen LogP contribution in [0.1, 0.15) is 90.0 Å². The Hall–Kier alpha value is -6.19. The number of nitrogens with one attached hydrogen (secondary N) is 4. The van der Waals surface area contributed by atoms with Gasteiger partial charge in [0, 0.05) is 69.2 Å². The van der Waals surface area contributed by atoms with E-state index in [2.05, 4.69) is 21.3 Å². The van der Waals surface area contributed by atoms with Crippen LogP contribution in [0.3, 0.4) is 0 Å². The van der Waals surface area contributed by atoms with E-state index in [0.717, 1.165) is 4.90 Å². The van der Waals surface area contributed by atoms with Crippen molar-refractivity contribution >= 4 is 82.2 Å². The van der Waals surface area contributed by atoms with Crippen molar-refractivity contribution in [3.8, 4) is 5.75 Å². The lowest BCUT2D eigenvalue weighted by molar-refractivity contribution is -0.141. The topological polar surface area (TPSA) is 354 Å². The van der Waals surface area contributed by atoms with Gasteiger partial charge < -0.3 is 48.5 Å². The largest absolute Gasteiger partial charge is 0.508 e. The Morgan fingerprint density at radius 1 is 0.881 bits per heavy atom. The molecule has 1 aromatic rings. The van der Waals surface area contributed by atoms with Crippen molar-refractivity contribution < 1.29 is 62.6 Å². The summed E-state index contributed by atoms with van der Waals surface area (Å²) in [6.07, 6.45) is -1.63. The molecule has 370 valence electrons. The highest BCUT2D eigenvalue weighted by Crippen LogP contribution is 2.23. The number of phenols is 1. The van der Waals surface area contributed by atoms with Gasteiger partial charge >= 0.3 is 0 Å². The molecule has 1 heterocycles.